The van der Waals surface area contributed by atoms with Crippen molar-refractivity contribution in [1.82, 2.24) is 0 Å². The summed E-state index contributed by atoms with van der Waals surface area (Å²) in [6.45, 7) is 6.51. The minimum Gasteiger partial charge on any atom is -0.497 e. The van der Waals surface area contributed by atoms with Gasteiger partial charge in [-0.25, -0.2) is 4.79 Å². The fourth-order valence-electron chi connectivity index (χ4n) is 2.07. The van der Waals surface area contributed by atoms with Gasteiger partial charge in [-0.3, -0.25) is 0 Å². The number of benzene rings is 2. The zero-order valence-electron chi connectivity index (χ0n) is 14.0. The Morgan fingerprint density at radius 1 is 1.00 bits per heavy atom. The van der Waals surface area contributed by atoms with Crippen LogP contribution in [0.25, 0.3) is 6.08 Å². The highest BCUT2D eigenvalue weighted by Crippen LogP contribution is 2.22. The first-order valence-corrected chi connectivity index (χ1v) is 7.53. The summed E-state index contributed by atoms with van der Waals surface area (Å²) >= 11 is 0. The molecule has 2 rings (SSSR count). The molecular formula is C20H22O3. The second-order valence-corrected chi connectivity index (χ2v) is 6.31. The lowest BCUT2D eigenvalue weighted by Gasteiger charge is -2.18. The summed E-state index contributed by atoms with van der Waals surface area (Å²) in [6, 6.07) is 15.1. The van der Waals surface area contributed by atoms with Gasteiger partial charge in [0, 0.05) is 12.1 Å². The third-order valence-corrected chi connectivity index (χ3v) is 3.45. The van der Waals surface area contributed by atoms with E-state index in [1.165, 1.54) is 11.6 Å². The molecule has 0 fully saturated rings. The second kappa shape index (κ2) is 7.14. The molecule has 3 heteroatoms. The molecule has 0 radical (unpaired) electrons. The van der Waals surface area contributed by atoms with E-state index in [1.807, 2.05) is 12.1 Å². The molecule has 0 spiro atoms. The van der Waals surface area contributed by atoms with E-state index < -0.39 is 5.97 Å². The van der Waals surface area contributed by atoms with E-state index in [-0.39, 0.29) is 5.41 Å². The summed E-state index contributed by atoms with van der Waals surface area (Å²) in [6.07, 6.45) is 3.17. The summed E-state index contributed by atoms with van der Waals surface area (Å²) in [7, 11) is 1.57. The Morgan fingerprint density at radius 2 is 1.65 bits per heavy atom. The van der Waals surface area contributed by atoms with Gasteiger partial charge in [0.15, 0.2) is 0 Å². The van der Waals surface area contributed by atoms with Crippen molar-refractivity contribution < 1.29 is 14.3 Å². The second-order valence-electron chi connectivity index (χ2n) is 6.31. The molecule has 2 aromatic rings. The number of ether oxygens (including phenoxy) is 2. The van der Waals surface area contributed by atoms with Crippen LogP contribution >= 0.6 is 0 Å². The highest BCUT2D eigenvalue weighted by atomic mass is 16.5. The van der Waals surface area contributed by atoms with Crippen LogP contribution in [0, 0.1) is 0 Å². The third-order valence-electron chi connectivity index (χ3n) is 3.45. The Labute approximate surface area is 137 Å². The van der Waals surface area contributed by atoms with E-state index in [1.54, 1.807) is 37.5 Å². The fraction of sp³-hybridized carbons (Fsp3) is 0.250. The van der Waals surface area contributed by atoms with Gasteiger partial charge in [-0.05, 0) is 34.8 Å². The van der Waals surface area contributed by atoms with E-state index in [0.717, 1.165) is 5.56 Å². The Kier molecular flexibility index (Phi) is 5.22. The molecule has 0 aliphatic rings. The van der Waals surface area contributed by atoms with Crippen molar-refractivity contribution in [1.29, 1.82) is 0 Å². The molecule has 0 aliphatic carbocycles. The molecule has 3 nitrogen and oxygen atoms in total. The highest BCUT2D eigenvalue weighted by molar-refractivity contribution is 5.88. The summed E-state index contributed by atoms with van der Waals surface area (Å²) in [5.41, 5.74) is 2.34. The van der Waals surface area contributed by atoms with E-state index in [0.29, 0.717) is 11.5 Å². The number of methoxy groups -OCH3 is 1. The molecule has 0 N–H and O–H groups in total. The van der Waals surface area contributed by atoms with Gasteiger partial charge in [-0.15, -0.1) is 0 Å². The number of hydrogen-bond acceptors (Lipinski definition) is 3. The van der Waals surface area contributed by atoms with Crippen LogP contribution in [0.2, 0.25) is 0 Å². The number of carbonyl (C=O) groups excluding carboxylic acids is 1. The number of hydrogen-bond donors (Lipinski definition) is 0. The van der Waals surface area contributed by atoms with Crippen LogP contribution in [-0.4, -0.2) is 13.1 Å². The lowest BCUT2D eigenvalue weighted by Crippen LogP contribution is -2.10. The molecule has 0 saturated carbocycles. The van der Waals surface area contributed by atoms with Crippen LogP contribution in [0.15, 0.2) is 54.6 Å². The molecule has 0 bridgehead atoms. The zero-order valence-corrected chi connectivity index (χ0v) is 14.0. The maximum Gasteiger partial charge on any atom is 0.336 e. The van der Waals surface area contributed by atoms with Crippen molar-refractivity contribution in [2.24, 2.45) is 0 Å². The van der Waals surface area contributed by atoms with Crippen molar-refractivity contribution in [3.8, 4) is 11.5 Å². The van der Waals surface area contributed by atoms with E-state index in [4.69, 9.17) is 9.47 Å². The van der Waals surface area contributed by atoms with E-state index >= 15 is 0 Å². The number of carbonyl (C=O) groups is 1. The van der Waals surface area contributed by atoms with Gasteiger partial charge in [0.2, 0.25) is 0 Å². The van der Waals surface area contributed by atoms with E-state index in [9.17, 15) is 4.79 Å². The smallest absolute Gasteiger partial charge is 0.336 e. The standard InChI is InChI=1S/C20H22O3/c1-20(2,3)16-11-8-15(9-12-16)10-13-19(21)23-18-7-5-6-17(14-18)22-4/h5-14H,1-4H3/b13-10+. The molecule has 0 aliphatic heterocycles. The predicted octanol–water partition coefficient (Wildman–Crippen LogP) is 4.61. The SMILES string of the molecule is COc1cccc(OC(=O)/C=C/c2ccc(C(C)(C)C)cc2)c1. The Hall–Kier alpha value is -2.55. The lowest BCUT2D eigenvalue weighted by molar-refractivity contribution is -0.128. The van der Waals surface area contributed by atoms with Crippen molar-refractivity contribution in [3.05, 3.63) is 65.7 Å². The average molecular weight is 310 g/mol. The summed E-state index contributed by atoms with van der Waals surface area (Å²) in [5, 5.41) is 0. The van der Waals surface area contributed by atoms with Gasteiger partial charge in [0.05, 0.1) is 7.11 Å². The van der Waals surface area contributed by atoms with Gasteiger partial charge in [-0.2, -0.15) is 0 Å². The molecule has 23 heavy (non-hydrogen) atoms. The fourth-order valence-corrected chi connectivity index (χ4v) is 2.07. The van der Waals surface area contributed by atoms with Gasteiger partial charge in [-0.1, -0.05) is 51.1 Å². The molecular weight excluding hydrogens is 288 g/mol. The Bertz CT molecular complexity index is 692. The first-order chi connectivity index (χ1) is 10.9. The van der Waals surface area contributed by atoms with Crippen LogP contribution in [0.4, 0.5) is 0 Å². The number of esters is 1. The van der Waals surface area contributed by atoms with Crippen LogP contribution in [0.5, 0.6) is 11.5 Å². The molecule has 120 valence electrons. The molecule has 0 aromatic heterocycles. The predicted molar refractivity (Wildman–Crippen MR) is 92.8 cm³/mol. The molecule has 0 heterocycles. The third kappa shape index (κ3) is 4.99. The maximum absolute atomic E-state index is 11.9. The maximum atomic E-state index is 11.9. The molecule has 2 aromatic carbocycles. The Morgan fingerprint density at radius 3 is 2.26 bits per heavy atom. The summed E-state index contributed by atoms with van der Waals surface area (Å²) in [4.78, 5) is 11.9. The quantitative estimate of drug-likeness (QED) is 0.470. The molecule has 0 atom stereocenters. The van der Waals surface area contributed by atoms with Crippen LogP contribution < -0.4 is 9.47 Å². The largest absolute Gasteiger partial charge is 0.497 e. The Balaban J connectivity index is 2.00. The molecule has 0 saturated heterocycles. The molecule has 0 amide bonds. The van der Waals surface area contributed by atoms with Crippen LogP contribution in [0.3, 0.4) is 0 Å². The van der Waals surface area contributed by atoms with Gasteiger partial charge >= 0.3 is 5.97 Å². The zero-order chi connectivity index (χ0) is 16.9. The van der Waals surface area contributed by atoms with Gasteiger partial charge in [0.1, 0.15) is 11.5 Å². The first kappa shape index (κ1) is 16.8. The minimum atomic E-state index is -0.418. The normalized spacial score (nSPS) is 11.5. The summed E-state index contributed by atoms with van der Waals surface area (Å²) in [5.74, 6) is 0.692. The summed E-state index contributed by atoms with van der Waals surface area (Å²) < 4.78 is 10.3. The monoisotopic (exact) mass is 310 g/mol. The van der Waals surface area contributed by atoms with Crippen molar-refractivity contribution >= 4 is 12.0 Å². The van der Waals surface area contributed by atoms with Crippen LogP contribution in [0.1, 0.15) is 31.9 Å². The van der Waals surface area contributed by atoms with Crippen LogP contribution in [-0.2, 0) is 10.2 Å². The highest BCUT2D eigenvalue weighted by Gasteiger charge is 2.12. The van der Waals surface area contributed by atoms with Crippen molar-refractivity contribution in [3.63, 3.8) is 0 Å². The average Bonchev–Trinajstić information content (AvgIpc) is 2.52. The van der Waals surface area contributed by atoms with Gasteiger partial charge in [0.25, 0.3) is 0 Å². The van der Waals surface area contributed by atoms with Crippen molar-refractivity contribution in [2.75, 3.05) is 7.11 Å². The van der Waals surface area contributed by atoms with Gasteiger partial charge < -0.3 is 9.47 Å². The lowest BCUT2D eigenvalue weighted by atomic mass is 9.87. The molecule has 0 unspecified atom stereocenters. The van der Waals surface area contributed by atoms with E-state index in [2.05, 4.69) is 32.9 Å². The van der Waals surface area contributed by atoms with Crippen molar-refractivity contribution in [2.45, 2.75) is 26.2 Å². The topological polar surface area (TPSA) is 35.5 Å². The minimum absolute atomic E-state index is 0.119. The number of rotatable bonds is 4. The first-order valence-electron chi connectivity index (χ1n) is 7.53.